The predicted molar refractivity (Wildman–Crippen MR) is 112 cm³/mol. The maximum absolute atomic E-state index is 12.3. The fourth-order valence-corrected chi connectivity index (χ4v) is 2.59. The first-order chi connectivity index (χ1) is 12.9. The van der Waals surface area contributed by atoms with Gasteiger partial charge in [-0.3, -0.25) is 4.79 Å². The number of guanidine groups is 1. The molecule has 0 aliphatic rings. The number of nitrogens with one attached hydrogen (secondary N) is 1. The number of benzene rings is 1. The van der Waals surface area contributed by atoms with Crippen LogP contribution in [0.5, 0.6) is 0 Å². The average Bonchev–Trinajstić information content (AvgIpc) is 2.65. The lowest BCUT2D eigenvalue weighted by Crippen LogP contribution is -2.45. The number of amides is 1. The van der Waals surface area contributed by atoms with Crippen molar-refractivity contribution in [3.05, 3.63) is 35.4 Å². The van der Waals surface area contributed by atoms with Gasteiger partial charge >= 0.3 is 0 Å². The average molecular weight is 377 g/mol. The summed E-state index contributed by atoms with van der Waals surface area (Å²) < 4.78 is 5.62. The number of hydrogen-bond acceptors (Lipinski definition) is 3. The number of likely N-dealkylation sites (N-methyl/N-ethyl adjacent to an activating group) is 2. The van der Waals surface area contributed by atoms with Crippen molar-refractivity contribution in [1.29, 1.82) is 0 Å². The molecule has 0 fully saturated rings. The lowest BCUT2D eigenvalue weighted by molar-refractivity contribution is -0.131. The number of aliphatic imine (C=N–C) groups is 1. The molecule has 1 aromatic rings. The van der Waals surface area contributed by atoms with Gasteiger partial charge in [0.15, 0.2) is 5.96 Å². The summed E-state index contributed by atoms with van der Waals surface area (Å²) in [4.78, 5) is 20.7. The third kappa shape index (κ3) is 8.43. The highest BCUT2D eigenvalue weighted by Gasteiger charge is 2.14. The summed E-state index contributed by atoms with van der Waals surface area (Å²) in [6.07, 6.45) is 0.228. The van der Waals surface area contributed by atoms with Crippen LogP contribution in [0.2, 0.25) is 0 Å². The molecule has 0 heterocycles. The van der Waals surface area contributed by atoms with Gasteiger partial charge in [0.1, 0.15) is 0 Å². The summed E-state index contributed by atoms with van der Waals surface area (Å²) in [6.45, 7) is 13.8. The second-order valence-electron chi connectivity index (χ2n) is 6.77. The van der Waals surface area contributed by atoms with Crippen LogP contribution in [-0.4, -0.2) is 61.0 Å². The molecule has 0 bridgehead atoms. The lowest BCUT2D eigenvalue weighted by atomic mass is 10.1. The van der Waals surface area contributed by atoms with Crippen molar-refractivity contribution in [2.24, 2.45) is 4.99 Å². The van der Waals surface area contributed by atoms with E-state index in [1.165, 1.54) is 0 Å². The molecule has 6 nitrogen and oxygen atoms in total. The Labute approximate surface area is 164 Å². The molecule has 1 N–H and O–H groups in total. The van der Waals surface area contributed by atoms with Gasteiger partial charge in [0.2, 0.25) is 5.91 Å². The van der Waals surface area contributed by atoms with E-state index in [1.807, 2.05) is 51.5 Å². The SMILES string of the molecule is CCNC(=NCc1ccc(COC(C)C)cc1)N(C)CC(=O)N(CC)CC. The Balaban J connectivity index is 2.70. The molecule has 1 amide bonds. The second-order valence-corrected chi connectivity index (χ2v) is 6.77. The fraction of sp³-hybridized carbons (Fsp3) is 0.619. The first-order valence-corrected chi connectivity index (χ1v) is 9.87. The summed E-state index contributed by atoms with van der Waals surface area (Å²) in [5.74, 6) is 0.854. The summed E-state index contributed by atoms with van der Waals surface area (Å²) in [5.41, 5.74) is 2.28. The van der Waals surface area contributed by atoms with Gasteiger partial charge in [-0.05, 0) is 45.7 Å². The Morgan fingerprint density at radius 3 is 2.22 bits per heavy atom. The Bertz CT molecular complexity index is 580. The highest BCUT2D eigenvalue weighted by molar-refractivity contribution is 5.86. The number of ether oxygens (including phenoxy) is 1. The quantitative estimate of drug-likeness (QED) is 0.504. The van der Waals surface area contributed by atoms with E-state index in [0.29, 0.717) is 19.7 Å². The van der Waals surface area contributed by atoms with Gasteiger partial charge in [-0.25, -0.2) is 4.99 Å². The minimum atomic E-state index is 0.114. The Hall–Kier alpha value is -2.08. The molecule has 6 heteroatoms. The highest BCUT2D eigenvalue weighted by Crippen LogP contribution is 2.08. The molecule has 0 spiro atoms. The molecule has 27 heavy (non-hydrogen) atoms. The normalized spacial score (nSPS) is 11.6. The molecular formula is C21H36N4O2. The summed E-state index contributed by atoms with van der Waals surface area (Å²) in [7, 11) is 1.90. The van der Waals surface area contributed by atoms with Crippen LogP contribution in [0.1, 0.15) is 45.7 Å². The van der Waals surface area contributed by atoms with Crippen molar-refractivity contribution in [2.75, 3.05) is 33.2 Å². The first-order valence-electron chi connectivity index (χ1n) is 9.87. The fourth-order valence-electron chi connectivity index (χ4n) is 2.59. The van der Waals surface area contributed by atoms with Crippen LogP contribution in [0.3, 0.4) is 0 Å². The van der Waals surface area contributed by atoms with E-state index in [-0.39, 0.29) is 12.0 Å². The van der Waals surface area contributed by atoms with Crippen LogP contribution < -0.4 is 5.32 Å². The molecular weight excluding hydrogens is 340 g/mol. The van der Waals surface area contributed by atoms with Crippen LogP contribution in [0, 0.1) is 0 Å². The Kier molecular flexibility index (Phi) is 10.5. The van der Waals surface area contributed by atoms with Crippen molar-refractivity contribution >= 4 is 11.9 Å². The van der Waals surface area contributed by atoms with Crippen molar-refractivity contribution in [2.45, 2.75) is 53.9 Å². The van der Waals surface area contributed by atoms with Crippen LogP contribution in [0.25, 0.3) is 0 Å². The molecule has 0 atom stereocenters. The molecule has 152 valence electrons. The van der Waals surface area contributed by atoms with E-state index in [0.717, 1.165) is 36.7 Å². The van der Waals surface area contributed by atoms with Crippen LogP contribution in [-0.2, 0) is 22.7 Å². The van der Waals surface area contributed by atoms with Gasteiger partial charge in [-0.15, -0.1) is 0 Å². The van der Waals surface area contributed by atoms with Gasteiger partial charge in [0, 0.05) is 26.7 Å². The Morgan fingerprint density at radius 1 is 1.11 bits per heavy atom. The third-order valence-electron chi connectivity index (χ3n) is 4.20. The molecule has 1 rings (SSSR count). The number of hydrogen-bond donors (Lipinski definition) is 1. The third-order valence-corrected chi connectivity index (χ3v) is 4.20. The van der Waals surface area contributed by atoms with Gasteiger partial charge in [-0.1, -0.05) is 24.3 Å². The van der Waals surface area contributed by atoms with E-state index in [2.05, 4.69) is 34.6 Å². The van der Waals surface area contributed by atoms with Crippen LogP contribution >= 0.6 is 0 Å². The highest BCUT2D eigenvalue weighted by atomic mass is 16.5. The molecule has 0 saturated heterocycles. The van der Waals surface area contributed by atoms with E-state index in [4.69, 9.17) is 4.74 Å². The Morgan fingerprint density at radius 2 is 1.70 bits per heavy atom. The van der Waals surface area contributed by atoms with Crippen molar-refractivity contribution in [1.82, 2.24) is 15.1 Å². The molecule has 0 aromatic heterocycles. The number of carbonyl (C=O) groups excluding carboxylic acids is 1. The molecule has 0 unspecified atom stereocenters. The van der Waals surface area contributed by atoms with Gasteiger partial charge in [0.25, 0.3) is 0 Å². The van der Waals surface area contributed by atoms with E-state index in [9.17, 15) is 4.79 Å². The largest absolute Gasteiger partial charge is 0.374 e. The summed E-state index contributed by atoms with van der Waals surface area (Å²) in [6, 6.07) is 8.31. The van der Waals surface area contributed by atoms with E-state index < -0.39 is 0 Å². The van der Waals surface area contributed by atoms with Gasteiger partial charge in [0.05, 0.1) is 25.8 Å². The number of rotatable bonds is 10. The topological polar surface area (TPSA) is 57.2 Å². The zero-order valence-electron chi connectivity index (χ0n) is 17.8. The van der Waals surface area contributed by atoms with Gasteiger partial charge < -0.3 is 19.9 Å². The number of carbonyl (C=O) groups is 1. The molecule has 0 saturated carbocycles. The van der Waals surface area contributed by atoms with E-state index in [1.54, 1.807) is 0 Å². The number of nitrogens with zero attached hydrogens (tertiary/aromatic N) is 3. The maximum atomic E-state index is 12.3. The minimum absolute atomic E-state index is 0.114. The van der Waals surface area contributed by atoms with Crippen molar-refractivity contribution in [3.8, 4) is 0 Å². The summed E-state index contributed by atoms with van der Waals surface area (Å²) >= 11 is 0. The smallest absolute Gasteiger partial charge is 0.242 e. The molecule has 0 aliphatic carbocycles. The van der Waals surface area contributed by atoms with Crippen molar-refractivity contribution in [3.63, 3.8) is 0 Å². The predicted octanol–water partition coefficient (Wildman–Crippen LogP) is 2.88. The molecule has 0 aliphatic heterocycles. The second kappa shape index (κ2) is 12.3. The van der Waals surface area contributed by atoms with E-state index >= 15 is 0 Å². The molecule has 0 radical (unpaired) electrons. The lowest BCUT2D eigenvalue weighted by Gasteiger charge is -2.25. The minimum Gasteiger partial charge on any atom is -0.374 e. The zero-order chi connectivity index (χ0) is 20.2. The standard InChI is InChI=1S/C21H36N4O2/c1-7-22-21(24(6)15-20(26)25(8-2)9-3)23-14-18-10-12-19(13-11-18)16-27-17(4)5/h10-13,17H,7-9,14-16H2,1-6H3,(H,22,23). The maximum Gasteiger partial charge on any atom is 0.242 e. The monoisotopic (exact) mass is 376 g/mol. The molecule has 1 aromatic carbocycles. The zero-order valence-corrected chi connectivity index (χ0v) is 17.8. The van der Waals surface area contributed by atoms with Crippen LogP contribution in [0.15, 0.2) is 29.3 Å². The van der Waals surface area contributed by atoms with Crippen LogP contribution in [0.4, 0.5) is 0 Å². The summed E-state index contributed by atoms with van der Waals surface area (Å²) in [5, 5.41) is 3.26. The first kappa shape index (κ1) is 23.0. The van der Waals surface area contributed by atoms with Gasteiger partial charge in [-0.2, -0.15) is 0 Å². The van der Waals surface area contributed by atoms with Crippen molar-refractivity contribution < 1.29 is 9.53 Å².